The molecule has 0 spiro atoms. The van der Waals surface area contributed by atoms with Gasteiger partial charge in [-0.3, -0.25) is 4.98 Å². The van der Waals surface area contributed by atoms with Crippen LogP contribution in [0.15, 0.2) is 24.4 Å². The lowest BCUT2D eigenvalue weighted by molar-refractivity contribution is -0.115. The van der Waals surface area contributed by atoms with Crippen LogP contribution in [0.1, 0.15) is 12.1 Å². The quantitative estimate of drug-likeness (QED) is 0.673. The number of aromatic nitrogens is 1. The fraction of sp³-hybridized carbons (Fsp3) is 0.643. The van der Waals surface area contributed by atoms with Crippen LogP contribution in [0.3, 0.4) is 0 Å². The number of pyridine rings is 1. The van der Waals surface area contributed by atoms with Crippen LogP contribution < -0.4 is 5.73 Å². The lowest BCUT2D eigenvalue weighted by Gasteiger charge is -2.29. The number of nitrogens with zero attached hydrogens (tertiary/aromatic N) is 2. The zero-order valence-electron chi connectivity index (χ0n) is 12.1. The second-order valence-corrected chi connectivity index (χ2v) is 4.58. The van der Waals surface area contributed by atoms with E-state index in [-0.39, 0.29) is 12.3 Å². The van der Waals surface area contributed by atoms with E-state index in [0.717, 1.165) is 25.1 Å². The summed E-state index contributed by atoms with van der Waals surface area (Å²) < 4.78 is 10.5. The molecule has 19 heavy (non-hydrogen) atoms. The van der Waals surface area contributed by atoms with E-state index in [2.05, 4.69) is 16.9 Å². The maximum atomic E-state index is 5.83. The molecule has 5 nitrogen and oxygen atoms in total. The first kappa shape index (κ1) is 16.0. The summed E-state index contributed by atoms with van der Waals surface area (Å²) in [6.45, 7) is 1.50. The van der Waals surface area contributed by atoms with Crippen LogP contribution in [-0.4, -0.2) is 56.6 Å². The second kappa shape index (κ2) is 8.98. The van der Waals surface area contributed by atoms with Gasteiger partial charge in [-0.1, -0.05) is 6.07 Å². The maximum absolute atomic E-state index is 5.83. The highest BCUT2D eigenvalue weighted by Gasteiger charge is 2.18. The van der Waals surface area contributed by atoms with E-state index in [1.54, 1.807) is 14.2 Å². The average Bonchev–Trinajstić information content (AvgIpc) is 2.47. The van der Waals surface area contributed by atoms with Crippen molar-refractivity contribution in [3.8, 4) is 0 Å². The molecule has 5 heteroatoms. The third-order valence-electron chi connectivity index (χ3n) is 3.33. The van der Waals surface area contributed by atoms with Gasteiger partial charge in [-0.25, -0.2) is 0 Å². The minimum Gasteiger partial charge on any atom is -0.356 e. The van der Waals surface area contributed by atoms with Gasteiger partial charge in [0.05, 0.1) is 0 Å². The number of methoxy groups -OCH3 is 2. The number of ether oxygens (including phenoxy) is 2. The molecule has 108 valence electrons. The van der Waals surface area contributed by atoms with Gasteiger partial charge in [-0.05, 0) is 19.2 Å². The Kier molecular flexibility index (Phi) is 7.59. The maximum Gasteiger partial charge on any atom is 0.158 e. The van der Waals surface area contributed by atoms with Crippen molar-refractivity contribution in [2.45, 2.75) is 25.2 Å². The van der Waals surface area contributed by atoms with Crippen LogP contribution in [0.2, 0.25) is 0 Å². The molecule has 0 aliphatic rings. The molecule has 1 aromatic rings. The molecule has 0 saturated carbocycles. The lowest BCUT2D eigenvalue weighted by atomic mass is 10.1. The molecule has 0 aliphatic heterocycles. The smallest absolute Gasteiger partial charge is 0.158 e. The van der Waals surface area contributed by atoms with Gasteiger partial charge in [-0.2, -0.15) is 0 Å². The van der Waals surface area contributed by atoms with Gasteiger partial charge in [0.2, 0.25) is 0 Å². The Morgan fingerprint density at radius 1 is 1.32 bits per heavy atom. The molecular formula is C14H25N3O2. The van der Waals surface area contributed by atoms with Gasteiger partial charge in [-0.15, -0.1) is 0 Å². The van der Waals surface area contributed by atoms with Crippen molar-refractivity contribution in [3.05, 3.63) is 30.1 Å². The minimum atomic E-state index is -0.203. The van der Waals surface area contributed by atoms with E-state index in [0.29, 0.717) is 6.54 Å². The van der Waals surface area contributed by atoms with E-state index in [9.17, 15) is 0 Å². The van der Waals surface area contributed by atoms with Crippen molar-refractivity contribution in [1.29, 1.82) is 0 Å². The lowest BCUT2D eigenvalue weighted by Crippen LogP contribution is -2.42. The highest BCUT2D eigenvalue weighted by molar-refractivity contribution is 5.03. The van der Waals surface area contributed by atoms with Crippen LogP contribution in [0, 0.1) is 0 Å². The summed E-state index contributed by atoms with van der Waals surface area (Å²) in [5.74, 6) is 0. The predicted octanol–water partition coefficient (Wildman–Crippen LogP) is 0.892. The number of nitrogens with two attached hydrogens (primary N) is 1. The number of rotatable bonds is 9. The number of hydrogen-bond acceptors (Lipinski definition) is 5. The number of hydrogen-bond donors (Lipinski definition) is 1. The standard InChI is InChI=1S/C14H25N3O2/c1-17(9-7-12-6-4-5-8-16-12)13(11-15)10-14(18-2)19-3/h4-6,8,13-14H,7,9-11,15H2,1-3H3. The van der Waals surface area contributed by atoms with Crippen molar-refractivity contribution >= 4 is 0 Å². The van der Waals surface area contributed by atoms with Crippen molar-refractivity contribution in [2.24, 2.45) is 5.73 Å². The van der Waals surface area contributed by atoms with E-state index >= 15 is 0 Å². The topological polar surface area (TPSA) is 60.6 Å². The summed E-state index contributed by atoms with van der Waals surface area (Å²) in [5, 5.41) is 0. The van der Waals surface area contributed by atoms with E-state index in [1.165, 1.54) is 0 Å². The Hall–Kier alpha value is -1.01. The summed E-state index contributed by atoms with van der Waals surface area (Å²) in [6.07, 6.45) is 3.30. The zero-order chi connectivity index (χ0) is 14.1. The molecule has 1 aromatic heterocycles. The van der Waals surface area contributed by atoms with Crippen molar-refractivity contribution < 1.29 is 9.47 Å². The Labute approximate surface area is 115 Å². The zero-order valence-corrected chi connectivity index (χ0v) is 12.1. The first-order valence-corrected chi connectivity index (χ1v) is 6.57. The number of likely N-dealkylation sites (N-methyl/N-ethyl adjacent to an activating group) is 1. The van der Waals surface area contributed by atoms with Gasteiger partial charge in [0.25, 0.3) is 0 Å². The van der Waals surface area contributed by atoms with E-state index < -0.39 is 0 Å². The molecule has 1 rings (SSSR count). The highest BCUT2D eigenvalue weighted by Crippen LogP contribution is 2.08. The molecule has 0 saturated heterocycles. The molecule has 0 bridgehead atoms. The summed E-state index contributed by atoms with van der Waals surface area (Å²) in [4.78, 5) is 6.56. The third kappa shape index (κ3) is 5.65. The van der Waals surface area contributed by atoms with Crippen LogP contribution in [0.4, 0.5) is 0 Å². The molecule has 2 N–H and O–H groups in total. The molecule has 0 amide bonds. The second-order valence-electron chi connectivity index (χ2n) is 4.58. The normalized spacial score (nSPS) is 13.2. The van der Waals surface area contributed by atoms with Gasteiger partial charge < -0.3 is 20.1 Å². The Balaban J connectivity index is 2.43. The highest BCUT2D eigenvalue weighted by atomic mass is 16.7. The molecule has 0 radical (unpaired) electrons. The van der Waals surface area contributed by atoms with E-state index in [4.69, 9.17) is 15.2 Å². The summed E-state index contributed by atoms with van der Waals surface area (Å²) in [7, 11) is 5.37. The van der Waals surface area contributed by atoms with Crippen LogP contribution >= 0.6 is 0 Å². The van der Waals surface area contributed by atoms with Gasteiger partial charge in [0.15, 0.2) is 6.29 Å². The molecule has 0 fully saturated rings. The minimum absolute atomic E-state index is 0.203. The van der Waals surface area contributed by atoms with Gasteiger partial charge >= 0.3 is 0 Å². The first-order valence-electron chi connectivity index (χ1n) is 6.57. The molecule has 1 unspecified atom stereocenters. The molecule has 0 aliphatic carbocycles. The summed E-state index contributed by atoms with van der Waals surface area (Å²) in [5.41, 5.74) is 6.93. The molecule has 0 aromatic carbocycles. The molecule has 1 atom stereocenters. The monoisotopic (exact) mass is 267 g/mol. The fourth-order valence-corrected chi connectivity index (χ4v) is 1.99. The van der Waals surface area contributed by atoms with Crippen molar-refractivity contribution in [3.63, 3.8) is 0 Å². The SMILES string of the molecule is COC(CC(CN)N(C)CCc1ccccn1)OC. The fourth-order valence-electron chi connectivity index (χ4n) is 1.99. The third-order valence-corrected chi connectivity index (χ3v) is 3.33. The van der Waals surface area contributed by atoms with Crippen molar-refractivity contribution in [1.82, 2.24) is 9.88 Å². The van der Waals surface area contributed by atoms with Gasteiger partial charge in [0, 0.05) is 58.1 Å². The average molecular weight is 267 g/mol. The van der Waals surface area contributed by atoms with E-state index in [1.807, 2.05) is 24.4 Å². The predicted molar refractivity (Wildman–Crippen MR) is 75.8 cm³/mol. The van der Waals surface area contributed by atoms with Crippen LogP contribution in [0.25, 0.3) is 0 Å². The Morgan fingerprint density at radius 3 is 2.58 bits per heavy atom. The Bertz CT molecular complexity index is 331. The van der Waals surface area contributed by atoms with Crippen LogP contribution in [-0.2, 0) is 15.9 Å². The molecular weight excluding hydrogens is 242 g/mol. The van der Waals surface area contributed by atoms with Crippen LogP contribution in [0.5, 0.6) is 0 Å². The summed E-state index contributed by atoms with van der Waals surface area (Å²) in [6, 6.07) is 6.22. The molecule has 1 heterocycles. The first-order chi connectivity index (χ1) is 9.21. The van der Waals surface area contributed by atoms with Crippen molar-refractivity contribution in [2.75, 3.05) is 34.4 Å². The summed E-state index contributed by atoms with van der Waals surface area (Å²) >= 11 is 0. The Morgan fingerprint density at radius 2 is 2.05 bits per heavy atom. The largest absolute Gasteiger partial charge is 0.356 e. The van der Waals surface area contributed by atoms with Gasteiger partial charge in [0.1, 0.15) is 0 Å².